The average molecular weight is 540 g/mol. The fraction of sp³-hybridized carbons (Fsp3) is 0.0370. The molecule has 1 fully saturated rings. The Balaban J connectivity index is 1.34. The molecule has 0 radical (unpaired) electrons. The van der Waals surface area contributed by atoms with Crippen LogP contribution in [0.3, 0.4) is 0 Å². The lowest BCUT2D eigenvalue weighted by atomic mass is 10.1. The van der Waals surface area contributed by atoms with Crippen LogP contribution in [0.2, 0.25) is 15.1 Å². The highest BCUT2D eigenvalue weighted by Crippen LogP contribution is 2.37. The summed E-state index contributed by atoms with van der Waals surface area (Å²) in [4.78, 5) is 17.4. The summed E-state index contributed by atoms with van der Waals surface area (Å²) < 4.78 is 6.00. The summed E-state index contributed by atoms with van der Waals surface area (Å²) in [7, 11) is 0. The number of fused-ring (bicyclic) bond motifs is 1. The van der Waals surface area contributed by atoms with Gasteiger partial charge in [-0.1, -0.05) is 77.3 Å². The molecule has 35 heavy (non-hydrogen) atoms. The van der Waals surface area contributed by atoms with E-state index < -0.39 is 0 Å². The summed E-state index contributed by atoms with van der Waals surface area (Å²) in [5, 5.41) is 6.85. The Bertz CT molecular complexity index is 1470. The molecule has 1 saturated heterocycles. The quantitative estimate of drug-likeness (QED) is 0.260. The number of hydrogen-bond acceptors (Lipinski definition) is 4. The van der Waals surface area contributed by atoms with Crippen LogP contribution < -0.4 is 10.1 Å². The van der Waals surface area contributed by atoms with Crippen molar-refractivity contribution in [1.82, 2.24) is 5.32 Å². The maximum absolute atomic E-state index is 12.4. The van der Waals surface area contributed by atoms with Crippen LogP contribution in [0, 0.1) is 0 Å². The summed E-state index contributed by atoms with van der Waals surface area (Å²) in [6.45, 7) is 0.323. The highest BCUT2D eigenvalue weighted by atomic mass is 35.5. The number of nitrogens with zero attached hydrogens (tertiary/aromatic N) is 1. The van der Waals surface area contributed by atoms with E-state index in [4.69, 9.17) is 39.5 Å². The number of ether oxygens (including phenoxy) is 1. The van der Waals surface area contributed by atoms with E-state index >= 15 is 0 Å². The second-order valence-corrected chi connectivity index (χ2v) is 9.98. The van der Waals surface area contributed by atoms with E-state index in [2.05, 4.69) is 28.5 Å². The molecule has 4 aromatic carbocycles. The second kappa shape index (κ2) is 10.3. The van der Waals surface area contributed by atoms with Crippen molar-refractivity contribution < 1.29 is 9.53 Å². The topological polar surface area (TPSA) is 50.7 Å². The van der Waals surface area contributed by atoms with Gasteiger partial charge in [-0.2, -0.15) is 0 Å². The third-order valence-corrected chi connectivity index (χ3v) is 7.00. The molecule has 1 aliphatic heterocycles. The summed E-state index contributed by atoms with van der Waals surface area (Å²) in [5.74, 6) is 0.156. The molecule has 0 spiro atoms. The fourth-order valence-electron chi connectivity index (χ4n) is 3.63. The number of carbonyl (C=O) groups excluding carboxylic acids is 1. The summed E-state index contributed by atoms with van der Waals surface area (Å²) in [6.07, 6.45) is 1.72. The first-order valence-electron chi connectivity index (χ1n) is 10.6. The summed E-state index contributed by atoms with van der Waals surface area (Å²) >= 11 is 20.2. The number of rotatable bonds is 5. The lowest BCUT2D eigenvalue weighted by Gasteiger charge is -2.12. The van der Waals surface area contributed by atoms with Crippen molar-refractivity contribution in [3.63, 3.8) is 0 Å². The van der Waals surface area contributed by atoms with Gasteiger partial charge in [-0.05, 0) is 76.1 Å². The van der Waals surface area contributed by atoms with Gasteiger partial charge in [-0.15, -0.1) is 0 Å². The number of amidine groups is 1. The van der Waals surface area contributed by atoms with Gasteiger partial charge in [0.25, 0.3) is 5.91 Å². The molecule has 174 valence electrons. The van der Waals surface area contributed by atoms with Gasteiger partial charge >= 0.3 is 0 Å². The molecule has 1 heterocycles. The van der Waals surface area contributed by atoms with Gasteiger partial charge in [0.05, 0.1) is 20.6 Å². The van der Waals surface area contributed by atoms with Crippen molar-refractivity contribution >= 4 is 80.2 Å². The summed E-state index contributed by atoms with van der Waals surface area (Å²) in [5.41, 5.74) is 2.41. The first-order chi connectivity index (χ1) is 17.0. The molecule has 4 aromatic rings. The zero-order chi connectivity index (χ0) is 24.4. The van der Waals surface area contributed by atoms with Crippen molar-refractivity contribution in [1.29, 1.82) is 0 Å². The number of hydrogen-bond donors (Lipinski definition) is 1. The minimum atomic E-state index is -0.244. The van der Waals surface area contributed by atoms with Crippen LogP contribution in [0.1, 0.15) is 11.1 Å². The third kappa shape index (κ3) is 5.49. The minimum Gasteiger partial charge on any atom is -0.486 e. The molecule has 8 heteroatoms. The van der Waals surface area contributed by atoms with Gasteiger partial charge in [-0.3, -0.25) is 4.79 Å². The number of nitrogens with one attached hydrogen (secondary N) is 1. The highest BCUT2D eigenvalue weighted by molar-refractivity contribution is 8.18. The van der Waals surface area contributed by atoms with E-state index in [0.29, 0.717) is 48.7 Å². The molecule has 0 aromatic heterocycles. The first-order valence-corrected chi connectivity index (χ1v) is 12.5. The number of benzene rings is 4. The van der Waals surface area contributed by atoms with Gasteiger partial charge in [0, 0.05) is 5.02 Å². The molecule has 0 bridgehead atoms. The SMILES string of the molecule is O=C1NC(=Nc2ccc(Cl)cc2)S/C1=C\c1cc(Cl)c(OCc2cccc3ccccc23)c(Cl)c1. The van der Waals surface area contributed by atoms with Crippen LogP contribution in [0.4, 0.5) is 5.69 Å². The molecule has 0 atom stereocenters. The van der Waals surface area contributed by atoms with Crippen molar-refractivity contribution in [2.24, 2.45) is 4.99 Å². The van der Waals surface area contributed by atoms with Gasteiger partial charge in [-0.25, -0.2) is 4.99 Å². The second-order valence-electron chi connectivity index (χ2n) is 7.70. The predicted octanol–water partition coefficient (Wildman–Crippen LogP) is 8.27. The average Bonchev–Trinajstić information content (AvgIpc) is 3.18. The molecule has 0 saturated carbocycles. The zero-order valence-corrected chi connectivity index (χ0v) is 21.2. The number of carbonyl (C=O) groups is 1. The molecule has 4 nitrogen and oxygen atoms in total. The van der Waals surface area contributed by atoms with Gasteiger partial charge in [0.1, 0.15) is 6.61 Å². The van der Waals surface area contributed by atoms with Gasteiger partial charge in [0.2, 0.25) is 0 Å². The van der Waals surface area contributed by atoms with Crippen LogP contribution in [0.15, 0.2) is 88.8 Å². The molecule has 0 aliphatic carbocycles. The normalized spacial score (nSPS) is 15.7. The Morgan fingerprint density at radius 1 is 0.914 bits per heavy atom. The maximum Gasteiger partial charge on any atom is 0.264 e. The Morgan fingerprint density at radius 2 is 1.63 bits per heavy atom. The van der Waals surface area contributed by atoms with E-state index in [-0.39, 0.29) is 5.91 Å². The van der Waals surface area contributed by atoms with Crippen LogP contribution in [0.5, 0.6) is 5.75 Å². The van der Waals surface area contributed by atoms with E-state index in [1.165, 1.54) is 11.8 Å². The standard InChI is InChI=1S/C27H17Cl3N2O2S/c28-19-8-10-20(11-9-19)31-27-32-26(33)24(35-27)14-16-12-22(29)25(23(30)13-16)34-15-18-6-3-5-17-4-1-2-7-21(17)18/h1-14H,15H2,(H,31,32,33)/b24-14-. The lowest BCUT2D eigenvalue weighted by molar-refractivity contribution is -0.115. The zero-order valence-electron chi connectivity index (χ0n) is 18.1. The predicted molar refractivity (Wildman–Crippen MR) is 147 cm³/mol. The molecule has 1 N–H and O–H groups in total. The molecular weight excluding hydrogens is 523 g/mol. The molecular formula is C27H17Cl3N2O2S. The molecule has 1 amide bonds. The number of amides is 1. The monoisotopic (exact) mass is 538 g/mol. The maximum atomic E-state index is 12.4. The fourth-order valence-corrected chi connectivity index (χ4v) is 5.21. The Hall–Kier alpha value is -2.96. The van der Waals surface area contributed by atoms with E-state index in [1.54, 1.807) is 42.5 Å². The van der Waals surface area contributed by atoms with Crippen molar-refractivity contribution in [2.75, 3.05) is 0 Å². The first kappa shape index (κ1) is 23.8. The Labute approximate surface area is 221 Å². The van der Waals surface area contributed by atoms with E-state index in [0.717, 1.165) is 16.3 Å². The molecule has 1 aliphatic rings. The number of thioether (sulfide) groups is 1. The van der Waals surface area contributed by atoms with Crippen LogP contribution in [0.25, 0.3) is 16.8 Å². The third-order valence-electron chi connectivity index (χ3n) is 5.28. The Morgan fingerprint density at radius 3 is 2.40 bits per heavy atom. The van der Waals surface area contributed by atoms with Crippen LogP contribution >= 0.6 is 46.6 Å². The lowest BCUT2D eigenvalue weighted by Crippen LogP contribution is -2.19. The van der Waals surface area contributed by atoms with Gasteiger partial charge < -0.3 is 10.1 Å². The smallest absolute Gasteiger partial charge is 0.264 e. The molecule has 0 unspecified atom stereocenters. The van der Waals surface area contributed by atoms with Gasteiger partial charge in [0.15, 0.2) is 10.9 Å². The van der Waals surface area contributed by atoms with Crippen molar-refractivity contribution in [2.45, 2.75) is 6.61 Å². The van der Waals surface area contributed by atoms with E-state index in [1.807, 2.05) is 24.3 Å². The van der Waals surface area contributed by atoms with Crippen LogP contribution in [-0.2, 0) is 11.4 Å². The van der Waals surface area contributed by atoms with Crippen molar-refractivity contribution in [3.05, 3.63) is 110 Å². The largest absolute Gasteiger partial charge is 0.486 e. The highest BCUT2D eigenvalue weighted by Gasteiger charge is 2.24. The van der Waals surface area contributed by atoms with Crippen molar-refractivity contribution in [3.8, 4) is 5.75 Å². The van der Waals surface area contributed by atoms with E-state index in [9.17, 15) is 4.79 Å². The minimum absolute atomic E-state index is 0.244. The number of aliphatic imine (C=N–C) groups is 1. The van der Waals surface area contributed by atoms with Crippen LogP contribution in [-0.4, -0.2) is 11.1 Å². The summed E-state index contributed by atoms with van der Waals surface area (Å²) in [6, 6.07) is 24.7. The Kier molecular flexibility index (Phi) is 7.02. The molecule has 5 rings (SSSR count). The number of halogens is 3.